The number of likely N-dealkylation sites (tertiary alicyclic amines) is 1. The number of nitrogens with one attached hydrogen (secondary N) is 1. The van der Waals surface area contributed by atoms with Gasteiger partial charge in [0.1, 0.15) is 12.4 Å². The van der Waals surface area contributed by atoms with Crippen molar-refractivity contribution in [1.29, 1.82) is 0 Å². The maximum atomic E-state index is 12.2. The van der Waals surface area contributed by atoms with Crippen molar-refractivity contribution in [2.24, 2.45) is 11.8 Å². The minimum absolute atomic E-state index is 0.0121. The standard InChI is InChI=1S/C20H33N5O2/c1-13(2)17-12-27-20(26)25(17)18-6-9-21-19(23-18)22-15(5)16-7-10-24(11-8-16)14(3)4/h6,9,13-17H,7-8,10-12H2,1-5H3,(H,21,22,23)/t15-,17+/m0/s1. The van der Waals surface area contributed by atoms with E-state index in [1.165, 1.54) is 12.8 Å². The molecule has 2 saturated heterocycles. The van der Waals surface area contributed by atoms with Crippen molar-refractivity contribution >= 4 is 17.9 Å². The zero-order valence-corrected chi connectivity index (χ0v) is 17.2. The number of anilines is 2. The van der Waals surface area contributed by atoms with Crippen molar-refractivity contribution in [2.75, 3.05) is 29.9 Å². The molecule has 0 bridgehead atoms. The van der Waals surface area contributed by atoms with Crippen LogP contribution in [-0.2, 0) is 4.74 Å². The Morgan fingerprint density at radius 1 is 1.19 bits per heavy atom. The molecule has 2 atom stereocenters. The normalized spacial score (nSPS) is 23.1. The smallest absolute Gasteiger partial charge is 0.415 e. The minimum atomic E-state index is -0.326. The van der Waals surface area contributed by atoms with E-state index in [0.717, 1.165) is 13.1 Å². The van der Waals surface area contributed by atoms with E-state index in [-0.39, 0.29) is 12.1 Å². The summed E-state index contributed by atoms with van der Waals surface area (Å²) in [5, 5.41) is 3.46. The van der Waals surface area contributed by atoms with Crippen LogP contribution in [-0.4, -0.2) is 58.8 Å². The van der Waals surface area contributed by atoms with Gasteiger partial charge in [-0.25, -0.2) is 9.78 Å². The number of hydrogen-bond acceptors (Lipinski definition) is 6. The van der Waals surface area contributed by atoms with Gasteiger partial charge in [0.15, 0.2) is 0 Å². The molecule has 0 aliphatic carbocycles. The van der Waals surface area contributed by atoms with Gasteiger partial charge in [0.25, 0.3) is 0 Å². The number of hydrogen-bond donors (Lipinski definition) is 1. The van der Waals surface area contributed by atoms with E-state index in [0.29, 0.717) is 42.3 Å². The zero-order chi connectivity index (χ0) is 19.6. The van der Waals surface area contributed by atoms with Crippen LogP contribution in [0.3, 0.4) is 0 Å². The fourth-order valence-corrected chi connectivity index (χ4v) is 4.00. The molecule has 2 aliphatic rings. The molecular formula is C20H33N5O2. The summed E-state index contributed by atoms with van der Waals surface area (Å²) in [4.78, 5) is 25.3. The average molecular weight is 376 g/mol. The summed E-state index contributed by atoms with van der Waals surface area (Å²) < 4.78 is 5.24. The van der Waals surface area contributed by atoms with Gasteiger partial charge < -0.3 is 15.0 Å². The lowest BCUT2D eigenvalue weighted by Gasteiger charge is -2.37. The first-order chi connectivity index (χ1) is 12.9. The third-order valence-corrected chi connectivity index (χ3v) is 5.93. The quantitative estimate of drug-likeness (QED) is 0.822. The summed E-state index contributed by atoms with van der Waals surface area (Å²) in [5.74, 6) is 2.09. The number of piperidine rings is 1. The summed E-state index contributed by atoms with van der Waals surface area (Å²) in [6.07, 6.45) is 3.74. The number of aromatic nitrogens is 2. The van der Waals surface area contributed by atoms with Crippen LogP contribution >= 0.6 is 0 Å². The zero-order valence-electron chi connectivity index (χ0n) is 17.2. The van der Waals surface area contributed by atoms with E-state index in [1.807, 2.05) is 0 Å². The second-order valence-electron chi connectivity index (χ2n) is 8.40. The van der Waals surface area contributed by atoms with E-state index in [1.54, 1.807) is 17.2 Å². The van der Waals surface area contributed by atoms with Crippen LogP contribution in [0.2, 0.25) is 0 Å². The molecule has 0 radical (unpaired) electrons. The number of carbonyl (C=O) groups excluding carboxylic acids is 1. The topological polar surface area (TPSA) is 70.6 Å². The second-order valence-corrected chi connectivity index (χ2v) is 8.40. The highest BCUT2D eigenvalue weighted by Crippen LogP contribution is 2.27. The van der Waals surface area contributed by atoms with Crippen molar-refractivity contribution < 1.29 is 9.53 Å². The van der Waals surface area contributed by atoms with E-state index < -0.39 is 0 Å². The minimum Gasteiger partial charge on any atom is -0.447 e. The molecule has 1 aromatic rings. The molecule has 3 heterocycles. The third-order valence-electron chi connectivity index (χ3n) is 5.93. The fraction of sp³-hybridized carbons (Fsp3) is 0.750. The Balaban J connectivity index is 1.65. The van der Waals surface area contributed by atoms with Gasteiger partial charge in [-0.05, 0) is 64.6 Å². The summed E-state index contributed by atoms with van der Waals surface area (Å²) in [7, 11) is 0. The molecule has 1 N–H and O–H groups in total. The molecule has 7 heteroatoms. The average Bonchev–Trinajstić information content (AvgIpc) is 3.04. The molecule has 1 amide bonds. The van der Waals surface area contributed by atoms with Crippen molar-refractivity contribution in [3.63, 3.8) is 0 Å². The lowest BCUT2D eigenvalue weighted by molar-refractivity contribution is 0.143. The number of nitrogens with zero attached hydrogens (tertiary/aromatic N) is 4. The van der Waals surface area contributed by atoms with Crippen LogP contribution < -0.4 is 10.2 Å². The van der Waals surface area contributed by atoms with Crippen LogP contribution in [0.15, 0.2) is 12.3 Å². The van der Waals surface area contributed by atoms with Crippen LogP contribution in [0.4, 0.5) is 16.6 Å². The maximum absolute atomic E-state index is 12.2. The molecule has 0 unspecified atom stereocenters. The Labute approximate surface area is 162 Å². The van der Waals surface area contributed by atoms with Gasteiger partial charge in [0.2, 0.25) is 5.95 Å². The van der Waals surface area contributed by atoms with Gasteiger partial charge in [-0.1, -0.05) is 13.8 Å². The van der Waals surface area contributed by atoms with Gasteiger partial charge in [-0.15, -0.1) is 0 Å². The van der Waals surface area contributed by atoms with Crippen molar-refractivity contribution in [2.45, 2.75) is 65.6 Å². The van der Waals surface area contributed by atoms with Gasteiger partial charge in [-0.2, -0.15) is 4.98 Å². The molecular weight excluding hydrogens is 342 g/mol. The molecule has 150 valence electrons. The number of ether oxygens (including phenoxy) is 1. The molecule has 0 spiro atoms. The molecule has 3 rings (SSSR count). The maximum Gasteiger partial charge on any atom is 0.415 e. The van der Waals surface area contributed by atoms with Crippen LogP contribution in [0, 0.1) is 11.8 Å². The molecule has 1 aromatic heterocycles. The van der Waals surface area contributed by atoms with Crippen molar-refractivity contribution in [3.8, 4) is 0 Å². The van der Waals surface area contributed by atoms with E-state index in [9.17, 15) is 4.79 Å². The molecule has 27 heavy (non-hydrogen) atoms. The number of rotatable bonds is 6. The monoisotopic (exact) mass is 375 g/mol. The van der Waals surface area contributed by atoms with E-state index >= 15 is 0 Å². The number of cyclic esters (lactones) is 1. The van der Waals surface area contributed by atoms with E-state index in [2.05, 4.69) is 54.8 Å². The Morgan fingerprint density at radius 3 is 2.52 bits per heavy atom. The fourth-order valence-electron chi connectivity index (χ4n) is 4.00. The summed E-state index contributed by atoms with van der Waals surface area (Å²) in [6, 6.07) is 2.70. The van der Waals surface area contributed by atoms with Crippen LogP contribution in [0.25, 0.3) is 0 Å². The molecule has 0 aromatic carbocycles. The van der Waals surface area contributed by atoms with Crippen LogP contribution in [0.5, 0.6) is 0 Å². The summed E-state index contributed by atoms with van der Waals surface area (Å²) in [5.41, 5.74) is 0. The number of carbonyl (C=O) groups is 1. The Morgan fingerprint density at radius 2 is 1.89 bits per heavy atom. The Hall–Kier alpha value is -1.89. The second kappa shape index (κ2) is 8.42. The van der Waals surface area contributed by atoms with Gasteiger partial charge in [0.05, 0.1) is 6.04 Å². The molecule has 2 aliphatic heterocycles. The van der Waals surface area contributed by atoms with E-state index in [4.69, 9.17) is 4.74 Å². The highest BCUT2D eigenvalue weighted by atomic mass is 16.6. The first-order valence-corrected chi connectivity index (χ1v) is 10.2. The molecule has 0 saturated carbocycles. The van der Waals surface area contributed by atoms with Gasteiger partial charge >= 0.3 is 6.09 Å². The molecule has 7 nitrogen and oxygen atoms in total. The first kappa shape index (κ1) is 19.9. The summed E-state index contributed by atoms with van der Waals surface area (Å²) in [6.45, 7) is 13.6. The van der Waals surface area contributed by atoms with Crippen molar-refractivity contribution in [1.82, 2.24) is 14.9 Å². The SMILES string of the molecule is CC(C)[C@H]1COC(=O)N1c1ccnc(N[C@@H](C)C2CCN(C(C)C)CC2)n1. The first-order valence-electron chi connectivity index (χ1n) is 10.2. The predicted molar refractivity (Wildman–Crippen MR) is 107 cm³/mol. The van der Waals surface area contributed by atoms with Gasteiger partial charge in [-0.3, -0.25) is 4.90 Å². The molecule has 2 fully saturated rings. The highest BCUT2D eigenvalue weighted by molar-refractivity contribution is 5.89. The van der Waals surface area contributed by atoms with Crippen molar-refractivity contribution in [3.05, 3.63) is 12.3 Å². The highest BCUT2D eigenvalue weighted by Gasteiger charge is 2.37. The largest absolute Gasteiger partial charge is 0.447 e. The number of amides is 1. The predicted octanol–water partition coefficient (Wildman–Crippen LogP) is 3.38. The van der Waals surface area contributed by atoms with Gasteiger partial charge in [0, 0.05) is 18.3 Å². The Bertz CT molecular complexity index is 643. The van der Waals surface area contributed by atoms with Crippen LogP contribution in [0.1, 0.15) is 47.5 Å². The summed E-state index contributed by atoms with van der Waals surface area (Å²) >= 11 is 0. The Kier molecular flexibility index (Phi) is 6.19. The lowest BCUT2D eigenvalue weighted by Crippen LogP contribution is -2.42. The lowest BCUT2D eigenvalue weighted by atomic mass is 9.90. The third kappa shape index (κ3) is 4.51.